The van der Waals surface area contributed by atoms with E-state index in [2.05, 4.69) is 9.88 Å². The van der Waals surface area contributed by atoms with Gasteiger partial charge < -0.3 is 11.1 Å². The predicted molar refractivity (Wildman–Crippen MR) is 110 cm³/mol. The molecule has 10 heteroatoms. The third-order valence-electron chi connectivity index (χ3n) is 5.93. The smallest absolute Gasteiger partial charge is 0.383 e. The summed E-state index contributed by atoms with van der Waals surface area (Å²) in [7, 11) is 0. The number of aromatic nitrogens is 2. The van der Waals surface area contributed by atoms with Crippen LogP contribution in [-0.4, -0.2) is 46.6 Å². The molecule has 1 amide bonds. The van der Waals surface area contributed by atoms with E-state index < -0.39 is 18.6 Å². The lowest BCUT2D eigenvalue weighted by Crippen LogP contribution is -2.42. The van der Waals surface area contributed by atoms with Crippen LogP contribution in [0, 0.1) is 5.92 Å². The number of nitrogen functional groups attached to an aromatic ring is 1. The molecule has 0 atom stereocenters. The first-order valence-corrected chi connectivity index (χ1v) is 11.3. The van der Waals surface area contributed by atoms with Crippen LogP contribution < -0.4 is 11.1 Å². The van der Waals surface area contributed by atoms with Crippen LogP contribution in [0.1, 0.15) is 48.4 Å². The van der Waals surface area contributed by atoms with E-state index in [4.69, 9.17) is 10.7 Å². The fourth-order valence-corrected chi connectivity index (χ4v) is 5.65. The highest BCUT2D eigenvalue weighted by Gasteiger charge is 2.31. The Morgan fingerprint density at radius 2 is 1.90 bits per heavy atom. The molecule has 30 heavy (non-hydrogen) atoms. The fourth-order valence-electron chi connectivity index (χ4n) is 4.36. The van der Waals surface area contributed by atoms with Gasteiger partial charge in [-0.3, -0.25) is 9.69 Å². The van der Waals surface area contributed by atoms with Crippen LogP contribution >= 0.6 is 11.3 Å². The zero-order chi connectivity index (χ0) is 21.3. The Kier molecular flexibility index (Phi) is 6.15. The number of rotatable bonds is 4. The first kappa shape index (κ1) is 21.3. The number of aryl methyl sites for hydroxylation is 2. The summed E-state index contributed by atoms with van der Waals surface area (Å²) in [6, 6.07) is 0. The summed E-state index contributed by atoms with van der Waals surface area (Å²) in [6.45, 7) is 0.488. The molecule has 0 bridgehead atoms. The second kappa shape index (κ2) is 8.66. The molecule has 3 heterocycles. The van der Waals surface area contributed by atoms with Gasteiger partial charge in [0.15, 0.2) is 0 Å². The number of likely N-dealkylation sites (tertiary alicyclic amines) is 1. The van der Waals surface area contributed by atoms with Crippen molar-refractivity contribution >= 4 is 33.3 Å². The normalized spacial score (nSPS) is 18.9. The van der Waals surface area contributed by atoms with Gasteiger partial charge >= 0.3 is 6.18 Å². The number of alkyl halides is 3. The Hall–Kier alpha value is -1.94. The third-order valence-corrected chi connectivity index (χ3v) is 7.11. The molecule has 2 aromatic heterocycles. The molecule has 1 saturated heterocycles. The molecule has 6 nitrogen and oxygen atoms in total. The Morgan fingerprint density at radius 3 is 2.63 bits per heavy atom. The Labute approximate surface area is 177 Å². The third kappa shape index (κ3) is 4.85. The molecular formula is C20H26F3N5OS. The highest BCUT2D eigenvalue weighted by atomic mass is 32.1. The van der Waals surface area contributed by atoms with Crippen LogP contribution in [0.2, 0.25) is 0 Å². The van der Waals surface area contributed by atoms with Crippen molar-refractivity contribution in [2.45, 2.75) is 57.7 Å². The highest BCUT2D eigenvalue weighted by molar-refractivity contribution is 7.19. The molecule has 0 unspecified atom stereocenters. The van der Waals surface area contributed by atoms with E-state index in [0.29, 0.717) is 44.1 Å². The van der Waals surface area contributed by atoms with Gasteiger partial charge in [-0.1, -0.05) is 6.42 Å². The number of carbonyl (C=O) groups is 1. The Bertz CT molecular complexity index is 921. The monoisotopic (exact) mass is 441 g/mol. The van der Waals surface area contributed by atoms with Gasteiger partial charge in [0.2, 0.25) is 5.91 Å². The minimum atomic E-state index is -4.38. The van der Waals surface area contributed by atoms with Crippen molar-refractivity contribution in [1.29, 1.82) is 0 Å². The summed E-state index contributed by atoms with van der Waals surface area (Å²) in [4.78, 5) is 25.7. The van der Waals surface area contributed by atoms with E-state index in [1.165, 1.54) is 29.7 Å². The molecule has 2 aliphatic rings. The molecule has 0 spiro atoms. The molecule has 0 radical (unpaired) electrons. The molecule has 1 aliphatic heterocycles. The highest BCUT2D eigenvalue weighted by Crippen LogP contribution is 2.37. The van der Waals surface area contributed by atoms with E-state index >= 15 is 0 Å². The maximum absolute atomic E-state index is 12.3. The second-order valence-corrected chi connectivity index (χ2v) is 9.24. The minimum Gasteiger partial charge on any atom is -0.383 e. The number of nitrogens with two attached hydrogens (primary N) is 1. The van der Waals surface area contributed by atoms with Crippen molar-refractivity contribution in [2.75, 3.05) is 25.4 Å². The number of nitrogens with one attached hydrogen (secondary N) is 1. The van der Waals surface area contributed by atoms with Crippen molar-refractivity contribution in [3.63, 3.8) is 0 Å². The molecule has 1 fully saturated rings. The number of hydrogen-bond donors (Lipinski definition) is 2. The van der Waals surface area contributed by atoms with Gasteiger partial charge in [-0.2, -0.15) is 13.2 Å². The van der Waals surface area contributed by atoms with Crippen LogP contribution in [0.5, 0.6) is 0 Å². The molecule has 164 valence electrons. The summed E-state index contributed by atoms with van der Waals surface area (Å²) >= 11 is 1.72. The van der Waals surface area contributed by atoms with Gasteiger partial charge in [-0.25, -0.2) is 9.97 Å². The van der Waals surface area contributed by atoms with Crippen LogP contribution in [0.25, 0.3) is 10.2 Å². The van der Waals surface area contributed by atoms with Crippen LogP contribution in [0.15, 0.2) is 0 Å². The van der Waals surface area contributed by atoms with Crippen molar-refractivity contribution in [3.8, 4) is 0 Å². The van der Waals surface area contributed by atoms with Gasteiger partial charge in [0.25, 0.3) is 0 Å². The summed E-state index contributed by atoms with van der Waals surface area (Å²) < 4.78 is 36.8. The first-order chi connectivity index (χ1) is 14.3. The van der Waals surface area contributed by atoms with Crippen molar-refractivity contribution < 1.29 is 18.0 Å². The van der Waals surface area contributed by atoms with E-state index in [-0.39, 0.29) is 5.92 Å². The van der Waals surface area contributed by atoms with E-state index in [0.717, 1.165) is 23.1 Å². The van der Waals surface area contributed by atoms with E-state index in [9.17, 15) is 18.0 Å². The topological polar surface area (TPSA) is 84.1 Å². The van der Waals surface area contributed by atoms with Gasteiger partial charge in [0.05, 0.1) is 11.9 Å². The summed E-state index contributed by atoms with van der Waals surface area (Å²) in [5, 5.41) is 3.00. The standard InChI is InChI=1S/C20H26F3N5OS/c21-20(22,23)11-25-18(29)12-6-8-28(9-7-12)10-15-26-17(24)16-13-4-2-1-3-5-14(13)30-19(16)27-15/h12H,1-11H2,(H,25,29)(H2,24,26,27). The largest absolute Gasteiger partial charge is 0.405 e. The Balaban J connectivity index is 1.38. The average molecular weight is 442 g/mol. The lowest BCUT2D eigenvalue weighted by atomic mass is 9.96. The number of anilines is 1. The number of thiophene rings is 1. The number of fused-ring (bicyclic) bond motifs is 3. The lowest BCUT2D eigenvalue weighted by Gasteiger charge is -2.30. The second-order valence-electron chi connectivity index (χ2n) is 8.15. The maximum atomic E-state index is 12.3. The van der Waals surface area contributed by atoms with Crippen molar-refractivity contribution in [1.82, 2.24) is 20.2 Å². The molecule has 0 aromatic carbocycles. The van der Waals surface area contributed by atoms with Crippen LogP contribution in [0.4, 0.5) is 19.0 Å². The molecule has 0 saturated carbocycles. The number of amides is 1. The molecule has 4 rings (SSSR count). The average Bonchev–Trinajstić information content (AvgIpc) is 2.88. The molecule has 1 aliphatic carbocycles. The van der Waals surface area contributed by atoms with Crippen LogP contribution in [-0.2, 0) is 24.2 Å². The Morgan fingerprint density at radius 1 is 1.17 bits per heavy atom. The molecule has 3 N–H and O–H groups in total. The zero-order valence-corrected chi connectivity index (χ0v) is 17.5. The number of halogens is 3. The lowest BCUT2D eigenvalue weighted by molar-refractivity contribution is -0.141. The van der Waals surface area contributed by atoms with E-state index in [1.54, 1.807) is 11.3 Å². The number of nitrogens with zero attached hydrogens (tertiary/aromatic N) is 3. The minimum absolute atomic E-state index is 0.384. The van der Waals surface area contributed by atoms with E-state index in [1.807, 2.05) is 5.32 Å². The summed E-state index contributed by atoms with van der Waals surface area (Å²) in [5.41, 5.74) is 7.63. The number of piperidine rings is 1. The summed E-state index contributed by atoms with van der Waals surface area (Å²) in [5.74, 6) is 0.297. The molecular weight excluding hydrogens is 415 g/mol. The SMILES string of the molecule is Nc1nc(CN2CCC(C(=O)NCC(F)(F)F)CC2)nc2sc3c(c12)CCCCC3. The molecule has 2 aromatic rings. The number of hydrogen-bond acceptors (Lipinski definition) is 6. The van der Waals surface area contributed by atoms with Gasteiger partial charge in [0, 0.05) is 10.8 Å². The fraction of sp³-hybridized carbons (Fsp3) is 0.650. The zero-order valence-electron chi connectivity index (χ0n) is 16.7. The van der Waals surface area contributed by atoms with Crippen LogP contribution in [0.3, 0.4) is 0 Å². The quantitative estimate of drug-likeness (QED) is 0.711. The predicted octanol–water partition coefficient (Wildman–Crippen LogP) is 3.43. The maximum Gasteiger partial charge on any atom is 0.405 e. The van der Waals surface area contributed by atoms with Gasteiger partial charge in [-0.05, 0) is 57.2 Å². The van der Waals surface area contributed by atoms with Crippen molar-refractivity contribution in [3.05, 3.63) is 16.3 Å². The number of carbonyl (C=O) groups excluding carboxylic acids is 1. The van der Waals surface area contributed by atoms with Gasteiger partial charge in [-0.15, -0.1) is 11.3 Å². The van der Waals surface area contributed by atoms with Crippen molar-refractivity contribution in [2.24, 2.45) is 5.92 Å². The van der Waals surface area contributed by atoms with Gasteiger partial charge in [0.1, 0.15) is 23.0 Å². The first-order valence-electron chi connectivity index (χ1n) is 10.4. The summed E-state index contributed by atoms with van der Waals surface area (Å²) in [6.07, 6.45) is 2.39.